The van der Waals surface area contributed by atoms with Crippen molar-refractivity contribution in [2.75, 3.05) is 0 Å². The normalized spacial score (nSPS) is 12.4. The van der Waals surface area contributed by atoms with Gasteiger partial charge in [0, 0.05) is 4.88 Å². The fraction of sp³-hybridized carbons (Fsp3) is 0.231. The minimum atomic E-state index is -0.679. The molecule has 0 fully saturated rings. The van der Waals surface area contributed by atoms with E-state index in [1.54, 1.807) is 30.4 Å². The molecular formula is C13H12BrFO2S. The van der Waals surface area contributed by atoms with Gasteiger partial charge in [-0.3, -0.25) is 0 Å². The summed E-state index contributed by atoms with van der Waals surface area (Å²) in [5.41, 5.74) is 0.540. The van der Waals surface area contributed by atoms with E-state index in [0.29, 0.717) is 12.2 Å². The first-order valence-corrected chi connectivity index (χ1v) is 7.02. The van der Waals surface area contributed by atoms with Crippen molar-refractivity contribution in [3.8, 4) is 5.75 Å². The van der Waals surface area contributed by atoms with Gasteiger partial charge in [-0.25, -0.2) is 4.39 Å². The average Bonchev–Trinajstić information content (AvgIpc) is 2.73. The fourth-order valence-corrected chi connectivity index (χ4v) is 2.87. The molecule has 0 saturated heterocycles. The number of hydrogen-bond acceptors (Lipinski definition) is 3. The van der Waals surface area contributed by atoms with E-state index in [9.17, 15) is 9.50 Å². The molecule has 2 aromatic rings. The van der Waals surface area contributed by atoms with Crippen LogP contribution in [0, 0.1) is 5.82 Å². The first-order chi connectivity index (χ1) is 8.56. The SMILES string of the molecule is C[C@@H](O)c1ccc(OCc2ccc(Br)s2)c(F)c1. The second kappa shape index (κ2) is 5.82. The van der Waals surface area contributed by atoms with Gasteiger partial charge in [0.15, 0.2) is 11.6 Å². The van der Waals surface area contributed by atoms with E-state index in [1.807, 2.05) is 12.1 Å². The highest BCUT2D eigenvalue weighted by Crippen LogP contribution is 2.26. The predicted octanol–water partition coefficient (Wildman–Crippen LogP) is 4.28. The maximum Gasteiger partial charge on any atom is 0.165 e. The standard InChI is InChI=1S/C13H12BrFO2S/c1-8(16)9-2-4-12(11(15)6-9)17-7-10-3-5-13(14)18-10/h2-6,8,16H,7H2,1H3/t8-/m1/s1. The van der Waals surface area contributed by atoms with E-state index < -0.39 is 11.9 Å². The van der Waals surface area contributed by atoms with Crippen LogP contribution in [0.1, 0.15) is 23.5 Å². The minimum absolute atomic E-state index is 0.198. The molecule has 1 N–H and O–H groups in total. The number of halogens is 2. The number of benzene rings is 1. The van der Waals surface area contributed by atoms with Crippen LogP contribution >= 0.6 is 27.3 Å². The van der Waals surface area contributed by atoms with E-state index in [0.717, 1.165) is 8.66 Å². The molecule has 1 atom stereocenters. The van der Waals surface area contributed by atoms with Gasteiger partial charge < -0.3 is 9.84 Å². The summed E-state index contributed by atoms with van der Waals surface area (Å²) < 4.78 is 20.1. The third-order valence-electron chi connectivity index (χ3n) is 2.44. The Bertz CT molecular complexity index is 540. The van der Waals surface area contributed by atoms with Crippen molar-refractivity contribution in [3.63, 3.8) is 0 Å². The third kappa shape index (κ3) is 3.31. The molecule has 0 bridgehead atoms. The van der Waals surface area contributed by atoms with E-state index in [1.165, 1.54) is 6.07 Å². The Labute approximate surface area is 117 Å². The molecule has 0 aliphatic carbocycles. The molecule has 0 amide bonds. The highest BCUT2D eigenvalue weighted by atomic mass is 79.9. The molecule has 1 aromatic heterocycles. The zero-order valence-corrected chi connectivity index (χ0v) is 12.1. The molecule has 0 unspecified atom stereocenters. The van der Waals surface area contributed by atoms with Gasteiger partial charge >= 0.3 is 0 Å². The molecule has 0 aliphatic rings. The number of hydrogen-bond donors (Lipinski definition) is 1. The van der Waals surface area contributed by atoms with Crippen molar-refractivity contribution >= 4 is 27.3 Å². The van der Waals surface area contributed by atoms with Gasteiger partial charge in [0.25, 0.3) is 0 Å². The van der Waals surface area contributed by atoms with Gasteiger partial charge in [-0.05, 0) is 52.7 Å². The van der Waals surface area contributed by atoms with Crippen molar-refractivity contribution in [1.29, 1.82) is 0 Å². The molecule has 18 heavy (non-hydrogen) atoms. The van der Waals surface area contributed by atoms with Crippen LogP contribution in [0.25, 0.3) is 0 Å². The first kappa shape index (κ1) is 13.5. The molecule has 0 radical (unpaired) electrons. The van der Waals surface area contributed by atoms with Crippen LogP contribution in [0.5, 0.6) is 5.75 Å². The fourth-order valence-electron chi connectivity index (χ4n) is 1.47. The zero-order chi connectivity index (χ0) is 13.1. The second-order valence-electron chi connectivity index (χ2n) is 3.86. The summed E-state index contributed by atoms with van der Waals surface area (Å²) >= 11 is 4.91. The highest BCUT2D eigenvalue weighted by molar-refractivity contribution is 9.11. The summed E-state index contributed by atoms with van der Waals surface area (Å²) in [4.78, 5) is 1.01. The van der Waals surface area contributed by atoms with E-state index in [2.05, 4.69) is 15.9 Å². The maximum absolute atomic E-state index is 13.7. The monoisotopic (exact) mass is 330 g/mol. The van der Waals surface area contributed by atoms with Crippen LogP contribution in [0.4, 0.5) is 4.39 Å². The summed E-state index contributed by atoms with van der Waals surface area (Å²) in [6.07, 6.45) is -0.679. The molecule has 2 rings (SSSR count). The van der Waals surface area contributed by atoms with Gasteiger partial charge in [-0.2, -0.15) is 0 Å². The zero-order valence-electron chi connectivity index (χ0n) is 9.69. The Morgan fingerprint density at radius 2 is 2.17 bits per heavy atom. The van der Waals surface area contributed by atoms with Gasteiger partial charge in [-0.15, -0.1) is 11.3 Å². The van der Waals surface area contributed by atoms with Crippen LogP contribution in [-0.4, -0.2) is 5.11 Å². The van der Waals surface area contributed by atoms with Gasteiger partial charge in [-0.1, -0.05) is 6.07 Å². The summed E-state index contributed by atoms with van der Waals surface area (Å²) in [5, 5.41) is 9.34. The Balaban J connectivity index is 2.05. The quantitative estimate of drug-likeness (QED) is 0.906. The smallest absolute Gasteiger partial charge is 0.165 e. The summed E-state index contributed by atoms with van der Waals surface area (Å²) in [7, 11) is 0. The molecule has 0 spiro atoms. The summed E-state index contributed by atoms with van der Waals surface area (Å²) in [6, 6.07) is 8.35. The number of ether oxygens (including phenoxy) is 1. The lowest BCUT2D eigenvalue weighted by Crippen LogP contribution is -1.98. The Hall–Kier alpha value is -0.910. The van der Waals surface area contributed by atoms with Crippen molar-refractivity contribution in [1.82, 2.24) is 0 Å². The maximum atomic E-state index is 13.7. The summed E-state index contributed by atoms with van der Waals surface area (Å²) in [6.45, 7) is 1.93. The van der Waals surface area contributed by atoms with Gasteiger partial charge in [0.1, 0.15) is 6.61 Å². The average molecular weight is 331 g/mol. The van der Waals surface area contributed by atoms with Crippen LogP contribution in [0.15, 0.2) is 34.1 Å². The van der Waals surface area contributed by atoms with Crippen molar-refractivity contribution in [2.45, 2.75) is 19.6 Å². The van der Waals surface area contributed by atoms with Gasteiger partial charge in [0.2, 0.25) is 0 Å². The molecule has 1 aromatic carbocycles. The third-order valence-corrected chi connectivity index (χ3v) is 4.03. The second-order valence-corrected chi connectivity index (χ2v) is 6.41. The van der Waals surface area contributed by atoms with Crippen LogP contribution in [0.3, 0.4) is 0 Å². The largest absolute Gasteiger partial charge is 0.485 e. The number of thiophene rings is 1. The van der Waals surface area contributed by atoms with E-state index in [4.69, 9.17) is 4.74 Å². The molecule has 2 nitrogen and oxygen atoms in total. The Kier molecular flexibility index (Phi) is 4.37. The number of rotatable bonds is 4. The number of aliphatic hydroxyl groups excluding tert-OH is 1. The lowest BCUT2D eigenvalue weighted by molar-refractivity contribution is 0.198. The van der Waals surface area contributed by atoms with Crippen LogP contribution < -0.4 is 4.74 Å². The van der Waals surface area contributed by atoms with Crippen LogP contribution in [0.2, 0.25) is 0 Å². The molecular weight excluding hydrogens is 319 g/mol. The summed E-state index contributed by atoms with van der Waals surface area (Å²) in [5.74, 6) is -0.257. The molecule has 5 heteroatoms. The van der Waals surface area contributed by atoms with E-state index >= 15 is 0 Å². The van der Waals surface area contributed by atoms with E-state index in [-0.39, 0.29) is 5.75 Å². The highest BCUT2D eigenvalue weighted by Gasteiger charge is 2.08. The molecule has 96 valence electrons. The Morgan fingerprint density at radius 1 is 1.39 bits per heavy atom. The molecule has 0 aliphatic heterocycles. The van der Waals surface area contributed by atoms with Crippen molar-refractivity contribution < 1.29 is 14.2 Å². The van der Waals surface area contributed by atoms with Crippen molar-refractivity contribution in [3.05, 3.63) is 50.4 Å². The van der Waals surface area contributed by atoms with Crippen LogP contribution in [-0.2, 0) is 6.61 Å². The Morgan fingerprint density at radius 3 is 2.72 bits per heavy atom. The lowest BCUT2D eigenvalue weighted by Gasteiger charge is -2.09. The topological polar surface area (TPSA) is 29.5 Å². The van der Waals surface area contributed by atoms with Crippen molar-refractivity contribution in [2.24, 2.45) is 0 Å². The first-order valence-electron chi connectivity index (χ1n) is 5.41. The lowest BCUT2D eigenvalue weighted by atomic mass is 10.1. The predicted molar refractivity (Wildman–Crippen MR) is 73.4 cm³/mol. The molecule has 1 heterocycles. The number of aliphatic hydroxyl groups is 1. The molecule has 0 saturated carbocycles. The van der Waals surface area contributed by atoms with Gasteiger partial charge in [0.05, 0.1) is 9.89 Å². The minimum Gasteiger partial charge on any atom is -0.485 e.